The van der Waals surface area contributed by atoms with Gasteiger partial charge in [-0.05, 0) is 47.5 Å². The number of hydrogen-bond donors (Lipinski definition) is 2. The molecular formula is C18H18N2O5. The topological polar surface area (TPSA) is 97.2 Å². The van der Waals surface area contributed by atoms with E-state index in [0.29, 0.717) is 5.75 Å². The van der Waals surface area contributed by atoms with Crippen LogP contribution in [0.25, 0.3) is 0 Å². The van der Waals surface area contributed by atoms with Gasteiger partial charge in [-0.3, -0.25) is 4.79 Å². The van der Waals surface area contributed by atoms with E-state index >= 15 is 0 Å². The van der Waals surface area contributed by atoms with Gasteiger partial charge in [-0.15, -0.1) is 0 Å². The summed E-state index contributed by atoms with van der Waals surface area (Å²) in [4.78, 5) is 22.2. The summed E-state index contributed by atoms with van der Waals surface area (Å²) in [5.74, 6) is -0.0888. The van der Waals surface area contributed by atoms with Crippen LogP contribution in [0.1, 0.15) is 11.1 Å². The second-order valence-corrected chi connectivity index (χ2v) is 5.07. The van der Waals surface area contributed by atoms with Gasteiger partial charge in [0.25, 0.3) is 0 Å². The summed E-state index contributed by atoms with van der Waals surface area (Å²) < 4.78 is 10.1. The lowest BCUT2D eigenvalue weighted by Crippen LogP contribution is -2.19. The number of carboxylic acids is 1. The number of benzene rings is 2. The van der Waals surface area contributed by atoms with Crippen LogP contribution in [-0.4, -0.2) is 36.9 Å². The van der Waals surface area contributed by atoms with Crippen molar-refractivity contribution in [3.8, 4) is 11.5 Å². The fourth-order valence-corrected chi connectivity index (χ4v) is 1.94. The molecule has 0 heterocycles. The zero-order valence-electron chi connectivity index (χ0n) is 13.6. The number of nitrogens with one attached hydrogen (secondary N) is 1. The Hall–Kier alpha value is -3.35. The van der Waals surface area contributed by atoms with Gasteiger partial charge < -0.3 is 14.6 Å². The molecule has 7 heteroatoms. The predicted octanol–water partition coefficient (Wildman–Crippen LogP) is 1.85. The molecule has 2 rings (SSSR count). The molecule has 7 nitrogen and oxygen atoms in total. The molecule has 0 aliphatic rings. The number of aliphatic carboxylic acids is 1. The van der Waals surface area contributed by atoms with E-state index in [0.717, 1.165) is 16.9 Å². The lowest BCUT2D eigenvalue weighted by atomic mass is 10.1. The maximum atomic E-state index is 11.8. The van der Waals surface area contributed by atoms with Crippen LogP contribution in [0.5, 0.6) is 11.5 Å². The third-order valence-corrected chi connectivity index (χ3v) is 3.17. The number of rotatable bonds is 8. The minimum absolute atomic E-state index is 0.212. The lowest BCUT2D eigenvalue weighted by Gasteiger charge is -2.03. The minimum Gasteiger partial charge on any atom is -0.497 e. The SMILES string of the molecule is COc1ccc(CC(=O)N/N=C\c2ccc(OCC(=O)O)cc2)cc1. The van der Waals surface area contributed by atoms with E-state index in [9.17, 15) is 9.59 Å². The summed E-state index contributed by atoms with van der Waals surface area (Å²) in [7, 11) is 1.58. The van der Waals surface area contributed by atoms with Crippen LogP contribution in [0.15, 0.2) is 53.6 Å². The summed E-state index contributed by atoms with van der Waals surface area (Å²) in [6.45, 7) is -0.394. The standard InChI is InChI=1S/C18H18N2O5/c1-24-15-6-2-13(3-7-15)10-17(21)20-19-11-14-4-8-16(9-5-14)25-12-18(22)23/h2-9,11H,10,12H2,1H3,(H,20,21)(H,22,23)/b19-11-. The maximum Gasteiger partial charge on any atom is 0.341 e. The first-order valence-corrected chi connectivity index (χ1v) is 7.46. The molecule has 25 heavy (non-hydrogen) atoms. The Labute approximate surface area is 144 Å². The highest BCUT2D eigenvalue weighted by Gasteiger charge is 2.02. The number of ether oxygens (including phenoxy) is 2. The van der Waals surface area contributed by atoms with E-state index in [1.54, 1.807) is 43.5 Å². The van der Waals surface area contributed by atoms with Crippen molar-refractivity contribution < 1.29 is 24.2 Å². The van der Waals surface area contributed by atoms with Crippen molar-refractivity contribution >= 4 is 18.1 Å². The molecule has 2 aromatic carbocycles. The molecule has 0 spiro atoms. The fraction of sp³-hybridized carbons (Fsp3) is 0.167. The maximum absolute atomic E-state index is 11.8. The van der Waals surface area contributed by atoms with Crippen LogP contribution in [-0.2, 0) is 16.0 Å². The molecule has 0 unspecified atom stereocenters. The van der Waals surface area contributed by atoms with Crippen molar-refractivity contribution in [2.24, 2.45) is 5.10 Å². The van der Waals surface area contributed by atoms with Gasteiger partial charge in [0, 0.05) is 0 Å². The van der Waals surface area contributed by atoms with Crippen LogP contribution < -0.4 is 14.9 Å². The average molecular weight is 342 g/mol. The summed E-state index contributed by atoms with van der Waals surface area (Å²) in [6, 6.07) is 13.9. The van der Waals surface area contributed by atoms with E-state index in [1.807, 2.05) is 12.1 Å². The van der Waals surface area contributed by atoms with Gasteiger partial charge in [0.15, 0.2) is 6.61 Å². The number of amides is 1. The highest BCUT2D eigenvalue weighted by molar-refractivity contribution is 5.83. The molecule has 2 aromatic rings. The smallest absolute Gasteiger partial charge is 0.341 e. The third kappa shape index (κ3) is 6.34. The number of hydrogen-bond acceptors (Lipinski definition) is 5. The molecule has 0 atom stereocenters. The molecule has 0 aromatic heterocycles. The average Bonchev–Trinajstić information content (AvgIpc) is 2.61. The first-order valence-electron chi connectivity index (χ1n) is 7.46. The largest absolute Gasteiger partial charge is 0.497 e. The summed E-state index contributed by atoms with van der Waals surface area (Å²) in [5, 5.41) is 12.4. The zero-order chi connectivity index (χ0) is 18.1. The van der Waals surface area contributed by atoms with Gasteiger partial charge >= 0.3 is 5.97 Å². The first-order chi connectivity index (χ1) is 12.1. The second-order valence-electron chi connectivity index (χ2n) is 5.07. The normalized spacial score (nSPS) is 10.4. The van der Waals surface area contributed by atoms with Gasteiger partial charge in [0.2, 0.25) is 5.91 Å². The van der Waals surface area contributed by atoms with Crippen LogP contribution in [0, 0.1) is 0 Å². The van der Waals surface area contributed by atoms with Gasteiger partial charge in [0.05, 0.1) is 19.7 Å². The van der Waals surface area contributed by atoms with Crippen molar-refractivity contribution in [1.82, 2.24) is 5.43 Å². The van der Waals surface area contributed by atoms with Crippen molar-refractivity contribution in [2.45, 2.75) is 6.42 Å². The molecule has 1 amide bonds. The van der Waals surface area contributed by atoms with Gasteiger partial charge in [-0.1, -0.05) is 12.1 Å². The molecule has 0 aliphatic carbocycles. The summed E-state index contributed by atoms with van der Waals surface area (Å²) in [5.41, 5.74) is 4.05. The molecule has 2 N–H and O–H groups in total. The van der Waals surface area contributed by atoms with E-state index in [1.165, 1.54) is 6.21 Å². The molecule has 0 bridgehead atoms. The van der Waals surface area contributed by atoms with Gasteiger partial charge in [-0.2, -0.15) is 5.10 Å². The molecule has 0 aliphatic heterocycles. The predicted molar refractivity (Wildman–Crippen MR) is 92.0 cm³/mol. The van der Waals surface area contributed by atoms with Crippen LogP contribution in [0.4, 0.5) is 0 Å². The molecule has 130 valence electrons. The highest BCUT2D eigenvalue weighted by Crippen LogP contribution is 2.12. The molecule has 0 fully saturated rings. The van der Waals surface area contributed by atoms with E-state index in [4.69, 9.17) is 14.6 Å². The Bertz CT molecular complexity index is 739. The molecule has 0 radical (unpaired) electrons. The molecule has 0 saturated carbocycles. The highest BCUT2D eigenvalue weighted by atomic mass is 16.5. The summed E-state index contributed by atoms with van der Waals surface area (Å²) >= 11 is 0. The number of methoxy groups -OCH3 is 1. The van der Waals surface area contributed by atoms with Crippen LogP contribution >= 0.6 is 0 Å². The van der Waals surface area contributed by atoms with Crippen LogP contribution in [0.3, 0.4) is 0 Å². The van der Waals surface area contributed by atoms with Crippen molar-refractivity contribution in [2.75, 3.05) is 13.7 Å². The number of carbonyl (C=O) groups excluding carboxylic acids is 1. The van der Waals surface area contributed by atoms with Crippen molar-refractivity contribution in [3.63, 3.8) is 0 Å². The third-order valence-electron chi connectivity index (χ3n) is 3.17. The molecule has 0 saturated heterocycles. The summed E-state index contributed by atoms with van der Waals surface area (Å²) in [6.07, 6.45) is 1.70. The number of carboxylic acid groups (broad SMARTS) is 1. The quantitative estimate of drug-likeness (QED) is 0.564. The number of carbonyl (C=O) groups is 2. The Morgan fingerprint density at radius 1 is 1.08 bits per heavy atom. The minimum atomic E-state index is -1.04. The first kappa shape index (κ1) is 18.0. The van der Waals surface area contributed by atoms with Crippen LogP contribution in [0.2, 0.25) is 0 Å². The van der Waals surface area contributed by atoms with Gasteiger partial charge in [0.1, 0.15) is 11.5 Å². The Morgan fingerprint density at radius 3 is 2.32 bits per heavy atom. The Balaban J connectivity index is 1.81. The molecular weight excluding hydrogens is 324 g/mol. The zero-order valence-corrected chi connectivity index (χ0v) is 13.6. The van der Waals surface area contributed by atoms with Crippen molar-refractivity contribution in [1.29, 1.82) is 0 Å². The van der Waals surface area contributed by atoms with E-state index < -0.39 is 12.6 Å². The number of nitrogens with zero attached hydrogens (tertiary/aromatic N) is 1. The lowest BCUT2D eigenvalue weighted by molar-refractivity contribution is -0.139. The van der Waals surface area contributed by atoms with E-state index in [-0.39, 0.29) is 12.3 Å². The van der Waals surface area contributed by atoms with E-state index in [2.05, 4.69) is 10.5 Å². The fourth-order valence-electron chi connectivity index (χ4n) is 1.94. The monoisotopic (exact) mass is 342 g/mol. The second kappa shape index (κ2) is 9.07. The Morgan fingerprint density at radius 2 is 1.72 bits per heavy atom. The van der Waals surface area contributed by atoms with Crippen molar-refractivity contribution in [3.05, 3.63) is 59.7 Å². The Kier molecular flexibility index (Phi) is 6.53. The number of hydrazone groups is 1. The van der Waals surface area contributed by atoms with Gasteiger partial charge in [-0.25, -0.2) is 10.2 Å².